The lowest BCUT2D eigenvalue weighted by atomic mass is 10.1. The monoisotopic (exact) mass is 348 g/mol. The molecule has 1 aromatic rings. The smallest absolute Gasteiger partial charge is 0.327 e. The van der Waals surface area contributed by atoms with Gasteiger partial charge < -0.3 is 4.74 Å². The number of alkyl halides is 5. The number of hydrogen-bond acceptors (Lipinski definition) is 1. The Balaban J connectivity index is 3.01. The molecule has 0 bridgehead atoms. The summed E-state index contributed by atoms with van der Waals surface area (Å²) in [6.07, 6.45) is -3.81. The normalized spacial score (nSPS) is 13.8. The quantitative estimate of drug-likeness (QED) is 0.535. The van der Waals surface area contributed by atoms with Crippen LogP contribution in [0.4, 0.5) is 17.6 Å². The van der Waals surface area contributed by atoms with Crippen molar-refractivity contribution in [2.24, 2.45) is 0 Å². The molecule has 0 radical (unpaired) electrons. The molecular formula is C11H10BrClF4O. The zero-order valence-corrected chi connectivity index (χ0v) is 11.6. The fourth-order valence-electron chi connectivity index (χ4n) is 1.28. The summed E-state index contributed by atoms with van der Waals surface area (Å²) in [6, 6.07) is 3.89. The standard InChI is InChI=1S/C11H10BrClF4O/c1-2-18-8-4-3-6(5-7(8)12)9(13)11(16,17)10(14)15/h3-5,9-10H,2H2,1H3. The van der Waals surface area contributed by atoms with E-state index in [4.69, 9.17) is 16.3 Å². The van der Waals surface area contributed by atoms with Crippen LogP contribution in [0.3, 0.4) is 0 Å². The predicted octanol–water partition coefficient (Wildman–Crippen LogP) is 5.03. The first-order valence-electron chi connectivity index (χ1n) is 5.03. The van der Waals surface area contributed by atoms with Gasteiger partial charge in [-0.3, -0.25) is 0 Å². The molecule has 18 heavy (non-hydrogen) atoms. The third-order valence-electron chi connectivity index (χ3n) is 2.18. The van der Waals surface area contributed by atoms with E-state index in [2.05, 4.69) is 15.9 Å². The third-order valence-corrected chi connectivity index (χ3v) is 3.34. The van der Waals surface area contributed by atoms with Gasteiger partial charge in [-0.05, 0) is 40.5 Å². The number of hydrogen-bond donors (Lipinski definition) is 0. The van der Waals surface area contributed by atoms with Crippen molar-refractivity contribution in [3.05, 3.63) is 28.2 Å². The highest BCUT2D eigenvalue weighted by Crippen LogP contribution is 2.42. The highest BCUT2D eigenvalue weighted by molar-refractivity contribution is 9.10. The lowest BCUT2D eigenvalue weighted by Crippen LogP contribution is -2.31. The highest BCUT2D eigenvalue weighted by atomic mass is 79.9. The molecular weight excluding hydrogens is 339 g/mol. The maximum absolute atomic E-state index is 13.1. The number of rotatable bonds is 5. The molecule has 1 rings (SSSR count). The molecule has 0 amide bonds. The first-order valence-corrected chi connectivity index (χ1v) is 6.25. The van der Waals surface area contributed by atoms with Crippen LogP contribution in [0.25, 0.3) is 0 Å². The fraction of sp³-hybridized carbons (Fsp3) is 0.455. The van der Waals surface area contributed by atoms with E-state index in [1.54, 1.807) is 6.92 Å². The van der Waals surface area contributed by atoms with Crippen LogP contribution in [0.5, 0.6) is 5.75 Å². The molecule has 0 heterocycles. The summed E-state index contributed by atoms with van der Waals surface area (Å²) in [7, 11) is 0. The Bertz CT molecular complexity index is 414. The van der Waals surface area contributed by atoms with Crippen LogP contribution in [0.15, 0.2) is 22.7 Å². The molecule has 0 aromatic heterocycles. The Hall–Kier alpha value is -0.490. The van der Waals surface area contributed by atoms with Gasteiger partial charge in [0.2, 0.25) is 0 Å². The maximum atomic E-state index is 13.1. The van der Waals surface area contributed by atoms with E-state index in [9.17, 15) is 17.6 Å². The summed E-state index contributed by atoms with van der Waals surface area (Å²) < 4.78 is 56.1. The average molecular weight is 350 g/mol. The van der Waals surface area contributed by atoms with E-state index in [0.717, 1.165) is 0 Å². The van der Waals surface area contributed by atoms with Crippen molar-refractivity contribution in [3.63, 3.8) is 0 Å². The van der Waals surface area contributed by atoms with E-state index >= 15 is 0 Å². The summed E-state index contributed by atoms with van der Waals surface area (Å²) in [4.78, 5) is 0. The van der Waals surface area contributed by atoms with Gasteiger partial charge in [0, 0.05) is 0 Å². The second-order valence-corrected chi connectivity index (χ2v) is 4.75. The molecule has 0 saturated heterocycles. The molecule has 7 heteroatoms. The SMILES string of the molecule is CCOc1ccc(C(Cl)C(F)(F)C(F)F)cc1Br. The molecule has 0 spiro atoms. The number of benzene rings is 1. The van der Waals surface area contributed by atoms with Gasteiger partial charge in [0.15, 0.2) is 0 Å². The van der Waals surface area contributed by atoms with Crippen LogP contribution in [0.1, 0.15) is 17.9 Å². The van der Waals surface area contributed by atoms with Crippen molar-refractivity contribution in [2.45, 2.75) is 24.6 Å². The Labute approximate surface area is 115 Å². The first-order chi connectivity index (χ1) is 8.30. The Morgan fingerprint density at radius 2 is 2.00 bits per heavy atom. The molecule has 0 fully saturated rings. The van der Waals surface area contributed by atoms with Crippen molar-refractivity contribution in [1.82, 2.24) is 0 Å². The van der Waals surface area contributed by atoms with Crippen molar-refractivity contribution >= 4 is 27.5 Å². The van der Waals surface area contributed by atoms with Crippen molar-refractivity contribution in [2.75, 3.05) is 6.61 Å². The summed E-state index contributed by atoms with van der Waals surface area (Å²) in [6.45, 7) is 2.16. The van der Waals surface area contributed by atoms with Crippen LogP contribution in [0.2, 0.25) is 0 Å². The molecule has 0 aliphatic heterocycles. The summed E-state index contributed by atoms with van der Waals surface area (Å²) in [5, 5.41) is -2.09. The van der Waals surface area contributed by atoms with Gasteiger partial charge in [-0.2, -0.15) is 8.78 Å². The van der Waals surface area contributed by atoms with Crippen molar-refractivity contribution < 1.29 is 22.3 Å². The summed E-state index contributed by atoms with van der Waals surface area (Å²) >= 11 is 8.51. The van der Waals surface area contributed by atoms with Crippen LogP contribution in [0, 0.1) is 0 Å². The van der Waals surface area contributed by atoms with E-state index in [1.807, 2.05) is 0 Å². The zero-order chi connectivity index (χ0) is 13.9. The molecule has 1 atom stereocenters. The minimum Gasteiger partial charge on any atom is -0.493 e. The van der Waals surface area contributed by atoms with Gasteiger partial charge in [0.25, 0.3) is 0 Å². The minimum atomic E-state index is -4.28. The van der Waals surface area contributed by atoms with E-state index < -0.39 is 17.7 Å². The van der Waals surface area contributed by atoms with Gasteiger partial charge in [-0.25, -0.2) is 8.78 Å². The van der Waals surface area contributed by atoms with Crippen molar-refractivity contribution in [1.29, 1.82) is 0 Å². The Morgan fingerprint density at radius 3 is 2.44 bits per heavy atom. The Kier molecular flexibility index (Phi) is 5.28. The second-order valence-electron chi connectivity index (χ2n) is 3.46. The molecule has 0 saturated carbocycles. The van der Waals surface area contributed by atoms with Crippen LogP contribution in [-0.4, -0.2) is 19.0 Å². The first kappa shape index (κ1) is 15.6. The summed E-state index contributed by atoms with van der Waals surface area (Å²) in [5.41, 5.74) is -0.0997. The van der Waals surface area contributed by atoms with Gasteiger partial charge in [0.1, 0.15) is 11.1 Å². The van der Waals surface area contributed by atoms with E-state index in [1.165, 1.54) is 18.2 Å². The van der Waals surface area contributed by atoms with Crippen LogP contribution >= 0.6 is 27.5 Å². The summed E-state index contributed by atoms with van der Waals surface area (Å²) in [5.74, 6) is -3.85. The van der Waals surface area contributed by atoms with Gasteiger partial charge in [0.05, 0.1) is 11.1 Å². The average Bonchev–Trinajstić information content (AvgIpc) is 2.30. The lowest BCUT2D eigenvalue weighted by molar-refractivity contribution is -0.130. The Morgan fingerprint density at radius 1 is 1.39 bits per heavy atom. The van der Waals surface area contributed by atoms with Gasteiger partial charge in [-0.1, -0.05) is 6.07 Å². The fourth-order valence-corrected chi connectivity index (χ4v) is 2.02. The number of ether oxygens (including phenoxy) is 1. The molecule has 1 unspecified atom stereocenters. The molecule has 0 N–H and O–H groups in total. The van der Waals surface area contributed by atoms with Crippen molar-refractivity contribution in [3.8, 4) is 5.75 Å². The zero-order valence-electron chi connectivity index (χ0n) is 9.27. The number of halogens is 6. The predicted molar refractivity (Wildman–Crippen MR) is 64.9 cm³/mol. The largest absolute Gasteiger partial charge is 0.493 e. The molecule has 102 valence electrons. The minimum absolute atomic E-state index is 0.0997. The maximum Gasteiger partial charge on any atom is 0.327 e. The molecule has 0 aliphatic rings. The van der Waals surface area contributed by atoms with Gasteiger partial charge in [-0.15, -0.1) is 11.6 Å². The molecule has 1 nitrogen and oxygen atoms in total. The van der Waals surface area contributed by atoms with E-state index in [0.29, 0.717) is 16.8 Å². The molecule has 0 aliphatic carbocycles. The topological polar surface area (TPSA) is 9.23 Å². The lowest BCUT2D eigenvalue weighted by Gasteiger charge is -2.21. The van der Waals surface area contributed by atoms with Crippen LogP contribution in [-0.2, 0) is 0 Å². The van der Waals surface area contributed by atoms with Gasteiger partial charge >= 0.3 is 12.3 Å². The van der Waals surface area contributed by atoms with Crippen LogP contribution < -0.4 is 4.74 Å². The second kappa shape index (κ2) is 6.10. The van der Waals surface area contributed by atoms with E-state index in [-0.39, 0.29) is 5.56 Å². The third kappa shape index (κ3) is 3.29. The molecule has 1 aromatic carbocycles. The highest BCUT2D eigenvalue weighted by Gasteiger charge is 2.48.